The van der Waals surface area contributed by atoms with E-state index in [1.165, 1.54) is 57.8 Å². The van der Waals surface area contributed by atoms with Crippen LogP contribution in [0.2, 0.25) is 0 Å². The Balaban J connectivity index is 2.12. The SMILES string of the molecule is CCCCCCCCCCCCCCC(=O)OC[C@H](CO)OC(=O)CCCCCC[C@@H]1[C@@H](/C=C/[C@@H](O)CCCCC)[C@H](O)C[C@@H]1O. The van der Waals surface area contributed by atoms with E-state index in [2.05, 4.69) is 13.8 Å². The fraction of sp³-hybridized carbons (Fsp3) is 0.895. The zero-order valence-electron chi connectivity index (χ0n) is 29.4. The van der Waals surface area contributed by atoms with Gasteiger partial charge in [-0.3, -0.25) is 9.59 Å². The van der Waals surface area contributed by atoms with E-state index in [-0.39, 0.29) is 30.8 Å². The maximum atomic E-state index is 12.3. The first-order chi connectivity index (χ1) is 22.3. The number of aliphatic hydroxyl groups is 4. The zero-order chi connectivity index (χ0) is 33.8. The molecule has 0 unspecified atom stereocenters. The van der Waals surface area contributed by atoms with Crippen LogP contribution in [0.25, 0.3) is 0 Å². The second kappa shape index (κ2) is 28.5. The van der Waals surface area contributed by atoms with E-state index < -0.39 is 37.0 Å². The van der Waals surface area contributed by atoms with Gasteiger partial charge in [0.2, 0.25) is 0 Å². The fourth-order valence-electron chi connectivity index (χ4n) is 6.47. The van der Waals surface area contributed by atoms with E-state index in [1.54, 1.807) is 6.08 Å². The van der Waals surface area contributed by atoms with E-state index in [4.69, 9.17) is 9.47 Å². The molecule has 0 amide bonds. The van der Waals surface area contributed by atoms with Gasteiger partial charge in [-0.15, -0.1) is 0 Å². The summed E-state index contributed by atoms with van der Waals surface area (Å²) < 4.78 is 10.6. The van der Waals surface area contributed by atoms with Crippen LogP contribution in [0.4, 0.5) is 0 Å². The minimum absolute atomic E-state index is 0.0354. The molecule has 1 aliphatic carbocycles. The van der Waals surface area contributed by atoms with Crippen molar-refractivity contribution >= 4 is 11.9 Å². The topological polar surface area (TPSA) is 134 Å². The molecule has 8 heteroatoms. The number of aliphatic hydroxyl groups excluding tert-OH is 4. The summed E-state index contributed by atoms with van der Waals surface area (Å²) in [5.74, 6) is -0.915. The maximum Gasteiger partial charge on any atom is 0.306 e. The Morgan fingerprint density at radius 2 is 1.24 bits per heavy atom. The lowest BCUT2D eigenvalue weighted by Gasteiger charge is -2.21. The summed E-state index contributed by atoms with van der Waals surface area (Å²) >= 11 is 0. The van der Waals surface area contributed by atoms with Gasteiger partial charge in [0, 0.05) is 25.2 Å². The fourth-order valence-corrected chi connectivity index (χ4v) is 6.47. The van der Waals surface area contributed by atoms with Gasteiger partial charge in [0.25, 0.3) is 0 Å². The number of hydrogen-bond acceptors (Lipinski definition) is 8. The number of unbranched alkanes of at least 4 members (excludes halogenated alkanes) is 16. The van der Waals surface area contributed by atoms with Gasteiger partial charge in [-0.05, 0) is 31.6 Å². The van der Waals surface area contributed by atoms with Crippen molar-refractivity contribution in [1.82, 2.24) is 0 Å². The highest BCUT2D eigenvalue weighted by Gasteiger charge is 2.39. The average molecular weight is 655 g/mol. The summed E-state index contributed by atoms with van der Waals surface area (Å²) in [7, 11) is 0. The van der Waals surface area contributed by atoms with E-state index >= 15 is 0 Å². The van der Waals surface area contributed by atoms with Crippen LogP contribution in [0, 0.1) is 11.8 Å². The van der Waals surface area contributed by atoms with Crippen LogP contribution in [-0.4, -0.2) is 70.0 Å². The highest BCUT2D eigenvalue weighted by atomic mass is 16.6. The first kappa shape index (κ1) is 42.5. The molecule has 8 nitrogen and oxygen atoms in total. The Kier molecular flexibility index (Phi) is 26.4. The molecule has 0 heterocycles. The first-order valence-corrected chi connectivity index (χ1v) is 19.0. The normalized spacial score (nSPS) is 21.1. The number of rotatable bonds is 30. The van der Waals surface area contributed by atoms with Crippen LogP contribution >= 0.6 is 0 Å². The van der Waals surface area contributed by atoms with E-state index in [1.807, 2.05) is 6.08 Å². The van der Waals surface area contributed by atoms with Crippen LogP contribution in [0.15, 0.2) is 12.2 Å². The lowest BCUT2D eigenvalue weighted by molar-refractivity contribution is -0.161. The second-order valence-corrected chi connectivity index (χ2v) is 13.6. The van der Waals surface area contributed by atoms with Gasteiger partial charge in [0.1, 0.15) is 6.61 Å². The summed E-state index contributed by atoms with van der Waals surface area (Å²) in [6, 6.07) is 0. The van der Waals surface area contributed by atoms with Crippen molar-refractivity contribution in [2.24, 2.45) is 11.8 Å². The van der Waals surface area contributed by atoms with Gasteiger partial charge in [-0.25, -0.2) is 0 Å². The summed E-state index contributed by atoms with van der Waals surface area (Å²) in [6.45, 7) is 3.86. The summed E-state index contributed by atoms with van der Waals surface area (Å²) in [6.07, 6.45) is 24.8. The predicted octanol–water partition coefficient (Wildman–Crippen LogP) is 7.72. The van der Waals surface area contributed by atoms with Crippen molar-refractivity contribution in [2.45, 2.75) is 192 Å². The Hall–Kier alpha value is -1.48. The zero-order valence-corrected chi connectivity index (χ0v) is 29.4. The molecule has 4 N–H and O–H groups in total. The first-order valence-electron chi connectivity index (χ1n) is 19.0. The van der Waals surface area contributed by atoms with Gasteiger partial charge in [-0.1, -0.05) is 135 Å². The van der Waals surface area contributed by atoms with E-state index in [0.29, 0.717) is 25.7 Å². The third-order valence-electron chi connectivity index (χ3n) is 9.41. The molecule has 46 heavy (non-hydrogen) atoms. The third-order valence-corrected chi connectivity index (χ3v) is 9.41. The van der Waals surface area contributed by atoms with Gasteiger partial charge >= 0.3 is 11.9 Å². The number of hydrogen-bond donors (Lipinski definition) is 4. The quantitative estimate of drug-likeness (QED) is 0.0352. The Morgan fingerprint density at radius 1 is 0.717 bits per heavy atom. The van der Waals surface area contributed by atoms with Crippen molar-refractivity contribution in [1.29, 1.82) is 0 Å². The molecule has 0 bridgehead atoms. The van der Waals surface area contributed by atoms with Gasteiger partial charge in [-0.2, -0.15) is 0 Å². The van der Waals surface area contributed by atoms with Crippen LogP contribution in [0.5, 0.6) is 0 Å². The lowest BCUT2D eigenvalue weighted by Crippen LogP contribution is -2.28. The third kappa shape index (κ3) is 21.4. The molecule has 0 radical (unpaired) electrons. The predicted molar refractivity (Wildman–Crippen MR) is 184 cm³/mol. The molecule has 1 saturated carbocycles. The van der Waals surface area contributed by atoms with Gasteiger partial charge in [0.15, 0.2) is 6.10 Å². The summed E-state index contributed by atoms with van der Waals surface area (Å²) in [5.41, 5.74) is 0. The molecule has 0 aromatic heterocycles. The smallest absolute Gasteiger partial charge is 0.306 e. The van der Waals surface area contributed by atoms with Crippen molar-refractivity contribution in [3.63, 3.8) is 0 Å². The maximum absolute atomic E-state index is 12.3. The lowest BCUT2D eigenvalue weighted by atomic mass is 9.88. The monoisotopic (exact) mass is 655 g/mol. The second-order valence-electron chi connectivity index (χ2n) is 13.6. The van der Waals surface area contributed by atoms with Crippen molar-refractivity contribution in [2.75, 3.05) is 13.2 Å². The number of carbonyl (C=O) groups is 2. The van der Waals surface area contributed by atoms with Crippen molar-refractivity contribution in [3.8, 4) is 0 Å². The molecule has 0 aromatic carbocycles. The average Bonchev–Trinajstić information content (AvgIpc) is 3.31. The molecule has 1 fully saturated rings. The minimum Gasteiger partial charge on any atom is -0.462 e. The molecule has 6 atom stereocenters. The van der Waals surface area contributed by atoms with E-state index in [9.17, 15) is 30.0 Å². The Labute approximate surface area is 280 Å². The molecule has 1 aliphatic rings. The Morgan fingerprint density at radius 3 is 1.83 bits per heavy atom. The molecule has 1 rings (SSSR count). The molecule has 270 valence electrons. The number of ether oxygens (including phenoxy) is 2. The summed E-state index contributed by atoms with van der Waals surface area (Å²) in [5, 5.41) is 40.7. The molecule has 0 aromatic rings. The van der Waals surface area contributed by atoms with Gasteiger partial charge in [0.05, 0.1) is 24.9 Å². The highest BCUT2D eigenvalue weighted by Crippen LogP contribution is 2.37. The van der Waals surface area contributed by atoms with Crippen LogP contribution in [0.3, 0.4) is 0 Å². The molecule has 0 saturated heterocycles. The van der Waals surface area contributed by atoms with Crippen LogP contribution < -0.4 is 0 Å². The van der Waals surface area contributed by atoms with Crippen molar-refractivity contribution < 1.29 is 39.5 Å². The van der Waals surface area contributed by atoms with Crippen molar-refractivity contribution in [3.05, 3.63) is 12.2 Å². The number of esters is 2. The van der Waals surface area contributed by atoms with Gasteiger partial charge < -0.3 is 29.9 Å². The molecular weight excluding hydrogens is 584 g/mol. The van der Waals surface area contributed by atoms with Crippen LogP contribution in [-0.2, 0) is 19.1 Å². The largest absolute Gasteiger partial charge is 0.462 e. The Bertz CT molecular complexity index is 772. The molecular formula is C38H70O8. The molecule has 0 aliphatic heterocycles. The summed E-state index contributed by atoms with van der Waals surface area (Å²) in [4.78, 5) is 24.3. The minimum atomic E-state index is -0.844. The van der Waals surface area contributed by atoms with E-state index in [0.717, 1.165) is 64.2 Å². The standard InChI is InChI=1S/C38H70O8/c1-3-5-7-8-9-10-11-12-13-14-15-20-24-37(43)45-30-32(29-39)46-38(44)25-21-17-16-19-23-33-34(36(42)28-35(33)41)27-26-31(40)22-18-6-4-2/h26-27,31-36,39-42H,3-25,28-30H2,1-2H3/b27-26+/t31-,32-,33+,34+,35-,36+/m0/s1. The number of carbonyl (C=O) groups excluding carboxylic acids is 2. The molecule has 0 spiro atoms. The van der Waals surface area contributed by atoms with Crippen LogP contribution in [0.1, 0.15) is 168 Å². The highest BCUT2D eigenvalue weighted by molar-refractivity contribution is 5.70.